The van der Waals surface area contributed by atoms with Crippen molar-refractivity contribution in [1.82, 2.24) is 15.3 Å². The van der Waals surface area contributed by atoms with Gasteiger partial charge in [-0.1, -0.05) is 6.07 Å². The molecule has 3 aromatic rings. The quantitative estimate of drug-likeness (QED) is 0.752. The molecule has 2 heterocycles. The molecule has 3 nitrogen and oxygen atoms in total. The van der Waals surface area contributed by atoms with Crippen molar-refractivity contribution in [3.63, 3.8) is 0 Å². The average molecular weight is 255 g/mol. The van der Waals surface area contributed by atoms with Crippen LogP contribution in [0.4, 0.5) is 4.39 Å². The summed E-state index contributed by atoms with van der Waals surface area (Å²) in [4.78, 5) is 7.21. The van der Waals surface area contributed by atoms with Gasteiger partial charge < -0.3 is 10.3 Å². The number of aromatic amines is 1. The molecule has 0 unspecified atom stereocenters. The number of hydrogen-bond acceptors (Lipinski definition) is 2. The van der Waals surface area contributed by atoms with Crippen LogP contribution < -0.4 is 5.32 Å². The van der Waals surface area contributed by atoms with E-state index in [4.69, 9.17) is 0 Å². The van der Waals surface area contributed by atoms with E-state index in [0.29, 0.717) is 6.54 Å². The predicted molar refractivity (Wildman–Crippen MR) is 73.0 cm³/mol. The summed E-state index contributed by atoms with van der Waals surface area (Å²) in [7, 11) is 0. The number of aromatic nitrogens is 2. The maximum Gasteiger partial charge on any atom is 0.123 e. The summed E-state index contributed by atoms with van der Waals surface area (Å²) < 4.78 is 13.2. The summed E-state index contributed by atoms with van der Waals surface area (Å²) in [5.41, 5.74) is 3.16. The van der Waals surface area contributed by atoms with Crippen molar-refractivity contribution in [2.75, 3.05) is 0 Å². The van der Waals surface area contributed by atoms with Gasteiger partial charge in [0.1, 0.15) is 5.82 Å². The van der Waals surface area contributed by atoms with Crippen molar-refractivity contribution in [1.29, 1.82) is 0 Å². The van der Waals surface area contributed by atoms with Gasteiger partial charge in [-0.25, -0.2) is 4.39 Å². The normalized spacial score (nSPS) is 11.0. The molecule has 1 aromatic carbocycles. The number of rotatable bonds is 4. The minimum absolute atomic E-state index is 0.208. The van der Waals surface area contributed by atoms with Gasteiger partial charge in [0.15, 0.2) is 0 Å². The number of halogens is 1. The van der Waals surface area contributed by atoms with E-state index in [1.54, 1.807) is 18.3 Å². The largest absolute Gasteiger partial charge is 0.361 e. The Bertz CT molecular complexity index is 676. The van der Waals surface area contributed by atoms with Gasteiger partial charge in [-0.2, -0.15) is 0 Å². The third-order valence-electron chi connectivity index (χ3n) is 3.10. The van der Waals surface area contributed by atoms with Crippen molar-refractivity contribution in [2.24, 2.45) is 0 Å². The van der Waals surface area contributed by atoms with Crippen LogP contribution in [0.3, 0.4) is 0 Å². The molecule has 0 aliphatic carbocycles. The lowest BCUT2D eigenvalue weighted by molar-refractivity contribution is 0.629. The molecule has 0 fully saturated rings. The SMILES string of the molecule is Fc1ccc2[nH]cc(CNCc3cccnc3)c2c1. The second kappa shape index (κ2) is 5.20. The minimum atomic E-state index is -0.208. The van der Waals surface area contributed by atoms with Gasteiger partial charge >= 0.3 is 0 Å². The van der Waals surface area contributed by atoms with Crippen LogP contribution in [0.1, 0.15) is 11.1 Å². The maximum absolute atomic E-state index is 13.2. The van der Waals surface area contributed by atoms with Gasteiger partial charge in [0.05, 0.1) is 0 Å². The van der Waals surface area contributed by atoms with Crippen LogP contribution in [-0.2, 0) is 13.1 Å². The van der Waals surface area contributed by atoms with Gasteiger partial charge in [0, 0.05) is 42.6 Å². The molecular formula is C15H14FN3. The molecule has 0 saturated heterocycles. The van der Waals surface area contributed by atoms with Crippen LogP contribution in [0.5, 0.6) is 0 Å². The van der Waals surface area contributed by atoms with Crippen molar-refractivity contribution in [2.45, 2.75) is 13.1 Å². The van der Waals surface area contributed by atoms with Gasteiger partial charge in [-0.05, 0) is 35.4 Å². The highest BCUT2D eigenvalue weighted by atomic mass is 19.1. The third-order valence-corrected chi connectivity index (χ3v) is 3.10. The van der Waals surface area contributed by atoms with Gasteiger partial charge in [-0.15, -0.1) is 0 Å². The Morgan fingerprint density at radius 2 is 2.16 bits per heavy atom. The van der Waals surface area contributed by atoms with Gasteiger partial charge in [0.2, 0.25) is 0 Å². The Labute approximate surface area is 110 Å². The Morgan fingerprint density at radius 3 is 3.00 bits per heavy atom. The first-order valence-electron chi connectivity index (χ1n) is 6.18. The van der Waals surface area contributed by atoms with Crippen LogP contribution in [0, 0.1) is 5.82 Å². The summed E-state index contributed by atoms with van der Waals surface area (Å²) in [6.07, 6.45) is 5.51. The summed E-state index contributed by atoms with van der Waals surface area (Å²) in [6.45, 7) is 1.44. The fourth-order valence-electron chi connectivity index (χ4n) is 2.14. The molecular weight excluding hydrogens is 241 g/mol. The zero-order valence-electron chi connectivity index (χ0n) is 10.4. The van der Waals surface area contributed by atoms with Crippen LogP contribution in [-0.4, -0.2) is 9.97 Å². The average Bonchev–Trinajstić information content (AvgIpc) is 2.83. The fourth-order valence-corrected chi connectivity index (χ4v) is 2.14. The van der Waals surface area contributed by atoms with E-state index in [9.17, 15) is 4.39 Å². The van der Waals surface area contributed by atoms with Crippen molar-refractivity contribution >= 4 is 10.9 Å². The Balaban J connectivity index is 1.70. The minimum Gasteiger partial charge on any atom is -0.361 e. The van der Waals surface area contributed by atoms with E-state index < -0.39 is 0 Å². The van der Waals surface area contributed by atoms with Gasteiger partial charge in [0.25, 0.3) is 0 Å². The predicted octanol–water partition coefficient (Wildman–Crippen LogP) is 2.99. The van der Waals surface area contributed by atoms with Crippen LogP contribution in [0.2, 0.25) is 0 Å². The van der Waals surface area contributed by atoms with Crippen LogP contribution in [0.25, 0.3) is 10.9 Å². The summed E-state index contributed by atoms with van der Waals surface area (Å²) in [5.74, 6) is -0.208. The van der Waals surface area contributed by atoms with E-state index in [2.05, 4.69) is 15.3 Å². The first-order valence-corrected chi connectivity index (χ1v) is 6.18. The highest BCUT2D eigenvalue weighted by molar-refractivity contribution is 5.83. The van der Waals surface area contributed by atoms with E-state index in [1.165, 1.54) is 6.07 Å². The number of hydrogen-bond donors (Lipinski definition) is 2. The molecule has 0 aliphatic rings. The van der Waals surface area contributed by atoms with Crippen LogP contribution >= 0.6 is 0 Å². The zero-order chi connectivity index (χ0) is 13.1. The Kier molecular flexibility index (Phi) is 3.25. The Hall–Kier alpha value is -2.20. The fraction of sp³-hybridized carbons (Fsp3) is 0.133. The Morgan fingerprint density at radius 1 is 1.21 bits per heavy atom. The second-order valence-electron chi connectivity index (χ2n) is 4.47. The van der Waals surface area contributed by atoms with E-state index in [0.717, 1.165) is 28.6 Å². The highest BCUT2D eigenvalue weighted by Crippen LogP contribution is 2.19. The second-order valence-corrected chi connectivity index (χ2v) is 4.47. The molecule has 0 amide bonds. The van der Waals surface area contributed by atoms with E-state index in [-0.39, 0.29) is 5.82 Å². The third kappa shape index (κ3) is 2.63. The van der Waals surface area contributed by atoms with E-state index >= 15 is 0 Å². The van der Waals surface area contributed by atoms with Crippen molar-refractivity contribution < 1.29 is 4.39 Å². The summed E-state index contributed by atoms with van der Waals surface area (Å²) in [6, 6.07) is 8.72. The summed E-state index contributed by atoms with van der Waals surface area (Å²) >= 11 is 0. The zero-order valence-corrected chi connectivity index (χ0v) is 10.4. The molecule has 0 spiro atoms. The van der Waals surface area contributed by atoms with Crippen LogP contribution in [0.15, 0.2) is 48.9 Å². The number of fused-ring (bicyclic) bond motifs is 1. The van der Waals surface area contributed by atoms with E-state index in [1.807, 2.05) is 24.5 Å². The lowest BCUT2D eigenvalue weighted by atomic mass is 10.1. The monoisotopic (exact) mass is 255 g/mol. The molecule has 96 valence electrons. The van der Waals surface area contributed by atoms with Crippen molar-refractivity contribution in [3.05, 3.63) is 65.9 Å². The molecule has 4 heteroatoms. The first-order chi connectivity index (χ1) is 9.33. The smallest absolute Gasteiger partial charge is 0.123 e. The number of benzene rings is 1. The number of pyridine rings is 1. The molecule has 2 aromatic heterocycles. The maximum atomic E-state index is 13.2. The number of H-pyrrole nitrogens is 1. The first kappa shape index (κ1) is 11.9. The summed E-state index contributed by atoms with van der Waals surface area (Å²) in [5, 5.41) is 4.26. The molecule has 19 heavy (non-hydrogen) atoms. The number of nitrogens with one attached hydrogen (secondary N) is 2. The molecule has 0 radical (unpaired) electrons. The number of nitrogens with zero attached hydrogens (tertiary/aromatic N) is 1. The standard InChI is InChI=1S/C15H14FN3/c16-13-3-4-15-14(6-13)12(10-19-15)9-18-8-11-2-1-5-17-7-11/h1-7,10,18-19H,8-9H2. The molecule has 3 rings (SSSR count). The molecule has 0 atom stereocenters. The highest BCUT2D eigenvalue weighted by Gasteiger charge is 2.04. The van der Waals surface area contributed by atoms with Crippen molar-refractivity contribution in [3.8, 4) is 0 Å². The lowest BCUT2D eigenvalue weighted by Crippen LogP contribution is -2.12. The lowest BCUT2D eigenvalue weighted by Gasteiger charge is -2.03. The molecule has 0 bridgehead atoms. The molecule has 2 N–H and O–H groups in total. The molecule has 0 saturated carbocycles. The topological polar surface area (TPSA) is 40.7 Å². The van der Waals surface area contributed by atoms with Gasteiger partial charge in [-0.3, -0.25) is 4.98 Å². The molecule has 0 aliphatic heterocycles.